The predicted molar refractivity (Wildman–Crippen MR) is 123 cm³/mol. The van der Waals surface area contributed by atoms with Gasteiger partial charge in [-0.1, -0.05) is 18.5 Å². The van der Waals surface area contributed by atoms with E-state index in [1.807, 2.05) is 18.2 Å². The Hall–Kier alpha value is -2.79. The Morgan fingerprint density at radius 1 is 1.17 bits per heavy atom. The molecule has 156 valence electrons. The fourth-order valence-corrected chi connectivity index (χ4v) is 4.08. The molecule has 0 unspecified atom stereocenters. The molecule has 1 aliphatic rings. The third-order valence-electron chi connectivity index (χ3n) is 5.77. The molecule has 3 aromatic rings. The lowest BCUT2D eigenvalue weighted by Gasteiger charge is -2.31. The van der Waals surface area contributed by atoms with Gasteiger partial charge in [-0.3, -0.25) is 4.79 Å². The van der Waals surface area contributed by atoms with Gasteiger partial charge in [-0.25, -0.2) is 4.98 Å². The molecule has 1 aromatic heterocycles. The molecule has 5 nitrogen and oxygen atoms in total. The van der Waals surface area contributed by atoms with Crippen LogP contribution in [0.4, 0.5) is 11.5 Å². The quantitative estimate of drug-likeness (QED) is 0.585. The molecule has 1 amide bonds. The van der Waals surface area contributed by atoms with Crippen molar-refractivity contribution in [3.8, 4) is 5.75 Å². The number of methoxy groups -OCH3 is 1. The summed E-state index contributed by atoms with van der Waals surface area (Å²) in [5, 5.41) is 4.46. The summed E-state index contributed by atoms with van der Waals surface area (Å²) in [5.41, 5.74) is 3.18. The van der Waals surface area contributed by atoms with Crippen molar-refractivity contribution >= 4 is 39.9 Å². The number of fused-ring (bicyclic) bond motifs is 1. The Labute approximate surface area is 182 Å². The Bertz CT molecular complexity index is 1090. The lowest BCUT2D eigenvalue weighted by Crippen LogP contribution is -2.33. The monoisotopic (exact) mass is 423 g/mol. The highest BCUT2D eigenvalue weighted by Gasteiger charge is 2.18. The van der Waals surface area contributed by atoms with E-state index in [-0.39, 0.29) is 5.91 Å². The Morgan fingerprint density at radius 2 is 1.93 bits per heavy atom. The third kappa shape index (κ3) is 4.21. The summed E-state index contributed by atoms with van der Waals surface area (Å²) in [6, 6.07) is 12.9. The fourth-order valence-electron chi connectivity index (χ4n) is 3.91. The fraction of sp³-hybridized carbons (Fsp3) is 0.333. The maximum absolute atomic E-state index is 12.8. The molecule has 1 N–H and O–H groups in total. The molecule has 0 bridgehead atoms. The van der Waals surface area contributed by atoms with Crippen molar-refractivity contribution in [2.24, 2.45) is 5.92 Å². The molecule has 2 aromatic carbocycles. The molecule has 30 heavy (non-hydrogen) atoms. The van der Waals surface area contributed by atoms with Crippen molar-refractivity contribution in [3.63, 3.8) is 0 Å². The summed E-state index contributed by atoms with van der Waals surface area (Å²) in [6.45, 7) is 6.50. The van der Waals surface area contributed by atoms with Crippen LogP contribution < -0.4 is 15.0 Å². The normalized spacial score (nSPS) is 14.7. The average molecular weight is 424 g/mol. The van der Waals surface area contributed by atoms with Crippen molar-refractivity contribution in [1.29, 1.82) is 0 Å². The number of piperidine rings is 1. The van der Waals surface area contributed by atoms with Crippen LogP contribution in [0, 0.1) is 12.8 Å². The topological polar surface area (TPSA) is 54.5 Å². The number of halogens is 1. The van der Waals surface area contributed by atoms with Gasteiger partial charge in [0, 0.05) is 29.2 Å². The van der Waals surface area contributed by atoms with Crippen LogP contribution in [0.3, 0.4) is 0 Å². The van der Waals surface area contributed by atoms with Gasteiger partial charge in [0.25, 0.3) is 5.91 Å². The number of ether oxygens (including phenoxy) is 1. The number of benzene rings is 2. The van der Waals surface area contributed by atoms with Crippen molar-refractivity contribution < 1.29 is 9.53 Å². The Morgan fingerprint density at radius 3 is 2.67 bits per heavy atom. The van der Waals surface area contributed by atoms with E-state index in [1.165, 1.54) is 20.0 Å². The molecule has 1 aliphatic heterocycles. The second kappa shape index (κ2) is 8.52. The van der Waals surface area contributed by atoms with Gasteiger partial charge in [0.1, 0.15) is 11.6 Å². The van der Waals surface area contributed by atoms with Gasteiger partial charge in [-0.2, -0.15) is 0 Å². The first-order valence-electron chi connectivity index (χ1n) is 10.3. The van der Waals surface area contributed by atoms with Crippen molar-refractivity contribution in [3.05, 3.63) is 58.6 Å². The summed E-state index contributed by atoms with van der Waals surface area (Å²) in [4.78, 5) is 20.0. The van der Waals surface area contributed by atoms with Gasteiger partial charge in [-0.05, 0) is 73.7 Å². The molecular weight excluding hydrogens is 398 g/mol. The molecule has 0 saturated carbocycles. The molecule has 4 rings (SSSR count). The SMILES string of the molecule is COc1ccc(Cl)cc1C(=O)Nc1ccc2nc(N3CCC(C)CC3)cc(C)c2c1. The van der Waals surface area contributed by atoms with Crippen LogP contribution in [-0.4, -0.2) is 31.1 Å². The maximum Gasteiger partial charge on any atom is 0.259 e. The molecule has 0 spiro atoms. The number of amides is 1. The highest BCUT2D eigenvalue weighted by atomic mass is 35.5. The number of nitrogens with one attached hydrogen (secondary N) is 1. The number of carbonyl (C=O) groups is 1. The lowest BCUT2D eigenvalue weighted by molar-refractivity contribution is 0.102. The van der Waals surface area contributed by atoms with E-state index < -0.39 is 0 Å². The molecule has 0 atom stereocenters. The molecule has 0 radical (unpaired) electrons. The van der Waals surface area contributed by atoms with Crippen LogP contribution in [0.15, 0.2) is 42.5 Å². The largest absolute Gasteiger partial charge is 0.496 e. The number of hydrogen-bond donors (Lipinski definition) is 1. The van der Waals surface area contributed by atoms with Gasteiger partial charge in [-0.15, -0.1) is 0 Å². The molecular formula is C24H26ClN3O2. The van der Waals surface area contributed by atoms with Crippen LogP contribution in [-0.2, 0) is 0 Å². The van der Waals surface area contributed by atoms with Crippen LogP contribution in [0.2, 0.25) is 5.02 Å². The van der Waals surface area contributed by atoms with Crippen LogP contribution in [0.25, 0.3) is 10.9 Å². The number of rotatable bonds is 4. The predicted octanol–water partition coefficient (Wildman–Crippen LogP) is 5.69. The highest BCUT2D eigenvalue weighted by molar-refractivity contribution is 6.31. The number of anilines is 2. The summed E-state index contributed by atoms with van der Waals surface area (Å²) in [5.74, 6) is 2.04. The first kappa shape index (κ1) is 20.5. The van der Waals surface area contributed by atoms with Crippen molar-refractivity contribution in [1.82, 2.24) is 4.98 Å². The first-order chi connectivity index (χ1) is 14.4. The van der Waals surface area contributed by atoms with E-state index in [4.69, 9.17) is 21.3 Å². The summed E-state index contributed by atoms with van der Waals surface area (Å²) < 4.78 is 5.29. The number of hydrogen-bond acceptors (Lipinski definition) is 4. The van der Waals surface area contributed by atoms with E-state index in [2.05, 4.69) is 30.1 Å². The number of carbonyl (C=O) groups excluding carboxylic acids is 1. The summed E-state index contributed by atoms with van der Waals surface area (Å²) in [7, 11) is 1.53. The van der Waals surface area contributed by atoms with E-state index in [1.54, 1.807) is 18.2 Å². The van der Waals surface area contributed by atoms with E-state index >= 15 is 0 Å². The standard InChI is InChI=1S/C24H26ClN3O2/c1-15-8-10-28(11-9-15)23-12-16(2)19-14-18(5-6-21(19)27-23)26-24(29)20-13-17(25)4-7-22(20)30-3/h4-7,12-15H,8-11H2,1-3H3,(H,26,29). The number of aromatic nitrogens is 1. The van der Waals surface area contributed by atoms with Gasteiger partial charge in [0.15, 0.2) is 0 Å². The zero-order valence-electron chi connectivity index (χ0n) is 17.5. The zero-order valence-corrected chi connectivity index (χ0v) is 18.3. The van der Waals surface area contributed by atoms with Crippen molar-refractivity contribution in [2.45, 2.75) is 26.7 Å². The van der Waals surface area contributed by atoms with Gasteiger partial charge >= 0.3 is 0 Å². The first-order valence-corrected chi connectivity index (χ1v) is 10.6. The summed E-state index contributed by atoms with van der Waals surface area (Å²) in [6.07, 6.45) is 2.41. The number of nitrogens with zero attached hydrogens (tertiary/aromatic N) is 2. The molecule has 6 heteroatoms. The minimum absolute atomic E-state index is 0.265. The Balaban J connectivity index is 1.59. The zero-order chi connectivity index (χ0) is 21.3. The third-order valence-corrected chi connectivity index (χ3v) is 6.01. The minimum Gasteiger partial charge on any atom is -0.496 e. The molecule has 2 heterocycles. The average Bonchev–Trinajstić information content (AvgIpc) is 2.74. The maximum atomic E-state index is 12.8. The van der Waals surface area contributed by atoms with E-state index in [0.29, 0.717) is 22.0 Å². The highest BCUT2D eigenvalue weighted by Crippen LogP contribution is 2.29. The minimum atomic E-state index is -0.265. The van der Waals surface area contributed by atoms with Gasteiger partial charge < -0.3 is 15.0 Å². The second-order valence-electron chi connectivity index (χ2n) is 8.00. The van der Waals surface area contributed by atoms with Crippen molar-refractivity contribution in [2.75, 3.05) is 30.4 Å². The van der Waals surface area contributed by atoms with E-state index in [0.717, 1.165) is 41.3 Å². The van der Waals surface area contributed by atoms with Crippen LogP contribution >= 0.6 is 11.6 Å². The molecule has 1 saturated heterocycles. The molecule has 1 fully saturated rings. The second-order valence-corrected chi connectivity index (χ2v) is 8.43. The van der Waals surface area contributed by atoms with Crippen LogP contribution in [0.5, 0.6) is 5.75 Å². The Kier molecular flexibility index (Phi) is 5.82. The smallest absolute Gasteiger partial charge is 0.259 e. The van der Waals surface area contributed by atoms with Gasteiger partial charge in [0.2, 0.25) is 0 Å². The number of aryl methyl sites for hydroxylation is 1. The lowest BCUT2D eigenvalue weighted by atomic mass is 9.99. The summed E-state index contributed by atoms with van der Waals surface area (Å²) >= 11 is 6.06. The van der Waals surface area contributed by atoms with Crippen LogP contribution in [0.1, 0.15) is 35.7 Å². The van der Waals surface area contributed by atoms with Gasteiger partial charge in [0.05, 0.1) is 18.2 Å². The number of pyridine rings is 1. The molecule has 0 aliphatic carbocycles. The van der Waals surface area contributed by atoms with E-state index in [9.17, 15) is 4.79 Å².